The highest BCUT2D eigenvalue weighted by Gasteiger charge is 2.21. The van der Waals surface area contributed by atoms with E-state index < -0.39 is 7.12 Å². The van der Waals surface area contributed by atoms with E-state index in [0.717, 1.165) is 22.3 Å². The Kier molecular flexibility index (Phi) is 3.96. The molecule has 19 heavy (non-hydrogen) atoms. The van der Waals surface area contributed by atoms with Crippen molar-refractivity contribution in [3.8, 4) is 5.75 Å². The van der Waals surface area contributed by atoms with Gasteiger partial charge in [-0.1, -0.05) is 36.4 Å². The van der Waals surface area contributed by atoms with Crippen molar-refractivity contribution in [3.63, 3.8) is 0 Å². The smallest absolute Gasteiger partial charge is 0.532 e. The first-order chi connectivity index (χ1) is 9.00. The van der Waals surface area contributed by atoms with E-state index in [1.807, 2.05) is 44.2 Å². The molecular formula is C16H19BO2. The van der Waals surface area contributed by atoms with Gasteiger partial charge in [-0.3, -0.25) is 0 Å². The third-order valence-corrected chi connectivity index (χ3v) is 3.61. The van der Waals surface area contributed by atoms with Crippen LogP contribution in [-0.2, 0) is 0 Å². The van der Waals surface area contributed by atoms with Crippen molar-refractivity contribution in [1.29, 1.82) is 0 Å². The molecule has 2 nitrogen and oxygen atoms in total. The molecule has 0 unspecified atom stereocenters. The Balaban J connectivity index is 2.34. The van der Waals surface area contributed by atoms with Crippen LogP contribution >= 0.6 is 0 Å². The fourth-order valence-corrected chi connectivity index (χ4v) is 2.15. The summed E-state index contributed by atoms with van der Waals surface area (Å²) in [7, 11) is -0.931. The predicted molar refractivity (Wildman–Crippen MR) is 80.1 cm³/mol. The predicted octanol–water partition coefficient (Wildman–Crippen LogP) is 2.69. The van der Waals surface area contributed by atoms with Crippen LogP contribution in [-0.4, -0.2) is 12.1 Å². The Morgan fingerprint density at radius 2 is 1.42 bits per heavy atom. The van der Waals surface area contributed by atoms with E-state index in [-0.39, 0.29) is 0 Å². The van der Waals surface area contributed by atoms with Gasteiger partial charge in [-0.15, -0.1) is 0 Å². The van der Waals surface area contributed by atoms with Crippen molar-refractivity contribution in [3.05, 3.63) is 58.7 Å². The lowest BCUT2D eigenvalue weighted by molar-refractivity contribution is 0.428. The zero-order valence-corrected chi connectivity index (χ0v) is 11.9. The first-order valence-corrected chi connectivity index (χ1v) is 6.47. The van der Waals surface area contributed by atoms with Gasteiger partial charge in [0.25, 0.3) is 0 Å². The zero-order valence-electron chi connectivity index (χ0n) is 11.9. The van der Waals surface area contributed by atoms with Crippen LogP contribution in [0.2, 0.25) is 0 Å². The van der Waals surface area contributed by atoms with Gasteiger partial charge in [0.1, 0.15) is 5.75 Å². The minimum Gasteiger partial charge on any atom is -0.532 e. The Labute approximate surface area is 115 Å². The molecule has 3 heteroatoms. The monoisotopic (exact) mass is 254 g/mol. The Morgan fingerprint density at radius 1 is 0.895 bits per heavy atom. The molecule has 0 aliphatic rings. The van der Waals surface area contributed by atoms with E-state index in [2.05, 4.69) is 19.9 Å². The quantitative estimate of drug-likeness (QED) is 0.853. The first kappa shape index (κ1) is 13.7. The van der Waals surface area contributed by atoms with E-state index >= 15 is 0 Å². The second kappa shape index (κ2) is 5.49. The van der Waals surface area contributed by atoms with E-state index in [9.17, 15) is 5.02 Å². The van der Waals surface area contributed by atoms with Crippen molar-refractivity contribution in [2.24, 2.45) is 0 Å². The molecule has 0 atom stereocenters. The van der Waals surface area contributed by atoms with E-state index in [1.165, 1.54) is 11.1 Å². The number of benzene rings is 2. The molecule has 2 rings (SSSR count). The van der Waals surface area contributed by atoms with Crippen LogP contribution < -0.4 is 10.1 Å². The van der Waals surface area contributed by atoms with Crippen molar-refractivity contribution < 1.29 is 9.68 Å². The average Bonchev–Trinajstić information content (AvgIpc) is 2.42. The fraction of sp³-hybridized carbons (Fsp3) is 0.250. The average molecular weight is 254 g/mol. The molecule has 2 aromatic carbocycles. The third kappa shape index (κ3) is 2.82. The van der Waals surface area contributed by atoms with Crippen LogP contribution in [0.4, 0.5) is 0 Å². The lowest BCUT2D eigenvalue weighted by Crippen LogP contribution is -2.36. The minimum absolute atomic E-state index is 0.764. The molecule has 0 spiro atoms. The summed E-state index contributed by atoms with van der Waals surface area (Å²) >= 11 is 0. The van der Waals surface area contributed by atoms with E-state index in [0.29, 0.717) is 0 Å². The second-order valence-corrected chi connectivity index (χ2v) is 4.97. The maximum absolute atomic E-state index is 10.2. The van der Waals surface area contributed by atoms with Crippen LogP contribution in [0.25, 0.3) is 0 Å². The van der Waals surface area contributed by atoms with Crippen molar-refractivity contribution >= 4 is 12.6 Å². The highest BCUT2D eigenvalue weighted by Crippen LogP contribution is 2.29. The maximum atomic E-state index is 10.2. The normalized spacial score (nSPS) is 10.4. The maximum Gasteiger partial charge on any atom is 0.560 e. The highest BCUT2D eigenvalue weighted by molar-refractivity contribution is 6.60. The van der Waals surface area contributed by atoms with Gasteiger partial charge >= 0.3 is 7.12 Å². The van der Waals surface area contributed by atoms with Gasteiger partial charge in [0.2, 0.25) is 0 Å². The van der Waals surface area contributed by atoms with E-state index in [1.54, 1.807) is 0 Å². The van der Waals surface area contributed by atoms with Crippen LogP contribution in [0.3, 0.4) is 0 Å². The molecule has 0 fully saturated rings. The largest absolute Gasteiger partial charge is 0.560 e. The molecule has 1 N–H and O–H groups in total. The molecule has 0 saturated heterocycles. The second-order valence-electron chi connectivity index (χ2n) is 4.97. The van der Waals surface area contributed by atoms with Gasteiger partial charge in [0, 0.05) is 0 Å². The Morgan fingerprint density at radius 3 is 1.95 bits per heavy atom. The van der Waals surface area contributed by atoms with Gasteiger partial charge in [0.15, 0.2) is 0 Å². The molecule has 2 aromatic rings. The van der Waals surface area contributed by atoms with Crippen LogP contribution in [0.1, 0.15) is 22.3 Å². The SMILES string of the molecule is Cc1cc(C)c(C)c(OB(O)c2ccccc2)c1C. The zero-order chi connectivity index (χ0) is 14.0. The summed E-state index contributed by atoms with van der Waals surface area (Å²) in [4.78, 5) is 0. The summed E-state index contributed by atoms with van der Waals surface area (Å²) in [6.07, 6.45) is 0. The fourth-order valence-electron chi connectivity index (χ4n) is 2.15. The van der Waals surface area contributed by atoms with Crippen molar-refractivity contribution in [1.82, 2.24) is 0 Å². The van der Waals surface area contributed by atoms with E-state index in [4.69, 9.17) is 4.65 Å². The number of rotatable bonds is 3. The molecule has 0 amide bonds. The molecule has 0 heterocycles. The molecule has 0 aromatic heterocycles. The van der Waals surface area contributed by atoms with Crippen LogP contribution in [0.15, 0.2) is 36.4 Å². The summed E-state index contributed by atoms with van der Waals surface area (Å²) in [5.41, 5.74) is 5.29. The molecular weight excluding hydrogens is 235 g/mol. The highest BCUT2D eigenvalue weighted by atomic mass is 16.5. The van der Waals surface area contributed by atoms with Gasteiger partial charge in [0.05, 0.1) is 0 Å². The molecule has 0 aliphatic carbocycles. The van der Waals surface area contributed by atoms with Crippen molar-refractivity contribution in [2.45, 2.75) is 27.7 Å². The number of hydrogen-bond acceptors (Lipinski definition) is 2. The lowest BCUT2D eigenvalue weighted by atomic mass is 9.79. The standard InChI is InChI=1S/C16H19BO2/c1-11-10-12(2)14(4)16(13(11)3)19-17(18)15-8-6-5-7-9-15/h5-10,18H,1-4H3. The third-order valence-electron chi connectivity index (χ3n) is 3.61. The lowest BCUT2D eigenvalue weighted by Gasteiger charge is -2.18. The number of aryl methyl sites for hydroxylation is 2. The van der Waals surface area contributed by atoms with Crippen LogP contribution in [0, 0.1) is 27.7 Å². The summed E-state index contributed by atoms with van der Waals surface area (Å²) < 4.78 is 5.78. The van der Waals surface area contributed by atoms with Crippen molar-refractivity contribution in [2.75, 3.05) is 0 Å². The Bertz CT molecular complexity index is 553. The molecule has 0 aliphatic heterocycles. The topological polar surface area (TPSA) is 29.5 Å². The molecule has 0 bridgehead atoms. The molecule has 98 valence electrons. The van der Waals surface area contributed by atoms with Gasteiger partial charge in [-0.05, 0) is 55.4 Å². The minimum atomic E-state index is -0.931. The molecule has 0 radical (unpaired) electrons. The first-order valence-electron chi connectivity index (χ1n) is 6.47. The number of hydrogen-bond donors (Lipinski definition) is 1. The summed E-state index contributed by atoms with van der Waals surface area (Å²) in [5, 5.41) is 10.2. The summed E-state index contributed by atoms with van der Waals surface area (Å²) in [6, 6.07) is 11.6. The van der Waals surface area contributed by atoms with Gasteiger partial charge in [-0.25, -0.2) is 0 Å². The molecule has 0 saturated carbocycles. The Hall–Kier alpha value is -1.74. The van der Waals surface area contributed by atoms with Crippen LogP contribution in [0.5, 0.6) is 5.75 Å². The summed E-state index contributed by atoms with van der Waals surface area (Å²) in [6.45, 7) is 8.16. The van der Waals surface area contributed by atoms with Gasteiger partial charge < -0.3 is 9.68 Å². The van der Waals surface area contributed by atoms with Gasteiger partial charge in [-0.2, -0.15) is 0 Å². The summed E-state index contributed by atoms with van der Waals surface area (Å²) in [5.74, 6) is 0.786.